The molecule has 2 aliphatic rings. The van der Waals surface area contributed by atoms with Crippen molar-refractivity contribution in [2.24, 2.45) is 0 Å². The fourth-order valence-corrected chi connectivity index (χ4v) is 6.90. The Bertz CT molecular complexity index is 1300. The maximum absolute atomic E-state index is 13.1. The van der Waals surface area contributed by atoms with Crippen molar-refractivity contribution in [1.29, 1.82) is 0 Å². The van der Waals surface area contributed by atoms with Crippen LogP contribution in [-0.4, -0.2) is 59.3 Å². The third-order valence-electron chi connectivity index (χ3n) is 7.57. The van der Waals surface area contributed by atoms with Crippen molar-refractivity contribution in [2.45, 2.75) is 50.2 Å². The average molecular weight is 568 g/mol. The lowest BCUT2D eigenvalue weighted by molar-refractivity contribution is -0.138. The number of aliphatic carboxylic acids is 1. The van der Waals surface area contributed by atoms with Crippen molar-refractivity contribution in [2.75, 3.05) is 37.7 Å². The molecule has 1 aromatic heterocycles. The number of likely N-dealkylation sites (tertiary alicyclic amines) is 1. The van der Waals surface area contributed by atoms with Crippen LogP contribution in [0.25, 0.3) is 10.2 Å². The van der Waals surface area contributed by atoms with Gasteiger partial charge in [0.2, 0.25) is 0 Å². The number of ether oxygens (including phenoxy) is 1. The van der Waals surface area contributed by atoms with Gasteiger partial charge in [0.1, 0.15) is 5.75 Å². The molecular weight excluding hydrogens is 539 g/mol. The van der Waals surface area contributed by atoms with Crippen molar-refractivity contribution in [1.82, 2.24) is 9.88 Å². The normalized spacial score (nSPS) is 18.3. The SMILES string of the molecule is O=C(O)Cc1cc(Cl)cc(OCCC2(N3CCCC3)CCN(c3nc4ccc(C(F)(F)F)cc4s3)CC2)c1. The molecule has 2 fully saturated rings. The largest absolute Gasteiger partial charge is 0.493 e. The average Bonchev–Trinajstić information content (AvgIpc) is 3.53. The molecule has 38 heavy (non-hydrogen) atoms. The highest BCUT2D eigenvalue weighted by molar-refractivity contribution is 7.22. The van der Waals surface area contributed by atoms with Gasteiger partial charge in [-0.2, -0.15) is 13.2 Å². The molecule has 2 aliphatic heterocycles. The number of carbonyl (C=O) groups is 1. The Balaban J connectivity index is 1.26. The summed E-state index contributed by atoms with van der Waals surface area (Å²) in [6.45, 7) is 4.10. The molecular formula is C27H29ClF3N3O3S. The van der Waals surface area contributed by atoms with Crippen molar-refractivity contribution in [3.63, 3.8) is 0 Å². The summed E-state index contributed by atoms with van der Waals surface area (Å²) in [6.07, 6.45) is 0.463. The highest BCUT2D eigenvalue weighted by atomic mass is 35.5. The van der Waals surface area contributed by atoms with E-state index in [4.69, 9.17) is 21.4 Å². The van der Waals surface area contributed by atoms with Crippen molar-refractivity contribution in [3.05, 3.63) is 52.5 Å². The number of benzene rings is 2. The molecule has 0 spiro atoms. The smallest absolute Gasteiger partial charge is 0.416 e. The highest BCUT2D eigenvalue weighted by Gasteiger charge is 2.41. The fourth-order valence-electron chi connectivity index (χ4n) is 5.59. The molecule has 0 radical (unpaired) electrons. The molecule has 2 aromatic carbocycles. The van der Waals surface area contributed by atoms with Gasteiger partial charge in [0.05, 0.1) is 28.8 Å². The van der Waals surface area contributed by atoms with Gasteiger partial charge in [-0.25, -0.2) is 4.98 Å². The second kappa shape index (κ2) is 10.9. The van der Waals surface area contributed by atoms with Crippen LogP contribution >= 0.6 is 22.9 Å². The summed E-state index contributed by atoms with van der Waals surface area (Å²) in [5.41, 5.74) is 0.504. The minimum atomic E-state index is -4.37. The van der Waals surface area contributed by atoms with Gasteiger partial charge in [-0.05, 0) is 87.2 Å². The molecule has 0 bridgehead atoms. The van der Waals surface area contributed by atoms with E-state index < -0.39 is 17.7 Å². The van der Waals surface area contributed by atoms with Gasteiger partial charge in [-0.15, -0.1) is 0 Å². The minimum absolute atomic E-state index is 0.0321. The zero-order chi connectivity index (χ0) is 26.9. The van der Waals surface area contributed by atoms with Crippen LogP contribution in [0.5, 0.6) is 5.75 Å². The second-order valence-corrected chi connectivity index (χ2v) is 11.5. The van der Waals surface area contributed by atoms with Crippen LogP contribution in [0.15, 0.2) is 36.4 Å². The van der Waals surface area contributed by atoms with Gasteiger partial charge < -0.3 is 14.7 Å². The molecule has 3 heterocycles. The number of aromatic nitrogens is 1. The molecule has 2 saturated heterocycles. The molecule has 5 rings (SSSR count). The van der Waals surface area contributed by atoms with E-state index >= 15 is 0 Å². The molecule has 11 heteroatoms. The van der Waals surface area contributed by atoms with Crippen molar-refractivity contribution in [3.8, 4) is 5.75 Å². The first-order chi connectivity index (χ1) is 18.1. The number of hydrogen-bond donors (Lipinski definition) is 1. The minimum Gasteiger partial charge on any atom is -0.493 e. The number of fused-ring (bicyclic) bond motifs is 1. The number of rotatable bonds is 8. The van der Waals surface area contributed by atoms with E-state index in [0.29, 0.717) is 33.2 Å². The summed E-state index contributed by atoms with van der Waals surface area (Å²) in [6, 6.07) is 8.79. The van der Waals surface area contributed by atoms with Crippen LogP contribution in [0.1, 0.15) is 43.2 Å². The summed E-state index contributed by atoms with van der Waals surface area (Å²) in [7, 11) is 0. The lowest BCUT2D eigenvalue weighted by Gasteiger charge is -2.47. The third kappa shape index (κ3) is 6.02. The summed E-state index contributed by atoms with van der Waals surface area (Å²) in [4.78, 5) is 20.5. The van der Waals surface area contributed by atoms with E-state index in [0.717, 1.165) is 56.6 Å². The zero-order valence-electron chi connectivity index (χ0n) is 20.8. The van der Waals surface area contributed by atoms with E-state index in [1.54, 1.807) is 18.2 Å². The zero-order valence-corrected chi connectivity index (χ0v) is 22.3. The summed E-state index contributed by atoms with van der Waals surface area (Å²) < 4.78 is 46.0. The van der Waals surface area contributed by atoms with Crippen LogP contribution in [-0.2, 0) is 17.4 Å². The molecule has 0 unspecified atom stereocenters. The highest BCUT2D eigenvalue weighted by Crippen LogP contribution is 2.40. The number of halogens is 4. The number of alkyl halides is 3. The number of carboxylic acids is 1. The summed E-state index contributed by atoms with van der Waals surface area (Å²) >= 11 is 7.49. The standard InChI is InChI=1S/C27H29ClF3N3O3S/c28-20-13-18(15-24(35)36)14-21(17-20)37-12-7-26(34-8-1-2-9-34)5-10-33(11-6-26)25-32-22-4-3-19(27(29,30)31)16-23(22)38-25/h3-4,13-14,16-17H,1-2,5-12,15H2,(H,35,36). The number of thiazole rings is 1. The Hall–Kier alpha value is -2.56. The lowest BCUT2D eigenvalue weighted by atomic mass is 9.83. The van der Waals surface area contributed by atoms with E-state index in [9.17, 15) is 18.0 Å². The van der Waals surface area contributed by atoms with E-state index in [1.807, 2.05) is 0 Å². The molecule has 0 saturated carbocycles. The maximum Gasteiger partial charge on any atom is 0.416 e. The topological polar surface area (TPSA) is 65.9 Å². The van der Waals surface area contributed by atoms with E-state index in [2.05, 4.69) is 14.8 Å². The molecule has 0 aliphatic carbocycles. The van der Waals surface area contributed by atoms with Crippen LogP contribution in [0.2, 0.25) is 5.02 Å². The van der Waals surface area contributed by atoms with Gasteiger partial charge >= 0.3 is 12.1 Å². The van der Waals surface area contributed by atoms with Crippen LogP contribution in [0.4, 0.5) is 18.3 Å². The molecule has 6 nitrogen and oxygen atoms in total. The molecule has 0 atom stereocenters. The number of nitrogens with zero attached hydrogens (tertiary/aromatic N) is 3. The van der Waals surface area contributed by atoms with Crippen LogP contribution in [0.3, 0.4) is 0 Å². The third-order valence-corrected chi connectivity index (χ3v) is 8.87. The van der Waals surface area contributed by atoms with Crippen molar-refractivity contribution >= 4 is 44.3 Å². The number of carboxylic acid groups (broad SMARTS) is 1. The lowest BCUT2D eigenvalue weighted by Crippen LogP contribution is -2.55. The van der Waals surface area contributed by atoms with E-state index in [-0.39, 0.29) is 12.0 Å². The summed E-state index contributed by atoms with van der Waals surface area (Å²) in [5.74, 6) is -0.359. The van der Waals surface area contributed by atoms with Gasteiger partial charge in [0, 0.05) is 23.7 Å². The summed E-state index contributed by atoms with van der Waals surface area (Å²) in [5, 5.41) is 10.3. The Morgan fingerprint density at radius 3 is 2.53 bits per heavy atom. The molecule has 3 aromatic rings. The first kappa shape index (κ1) is 27.0. The molecule has 1 N–H and O–H groups in total. The van der Waals surface area contributed by atoms with Gasteiger partial charge in [0.25, 0.3) is 0 Å². The second-order valence-electron chi connectivity index (χ2n) is 10.0. The quantitative estimate of drug-likeness (QED) is 0.335. The maximum atomic E-state index is 13.1. The van der Waals surface area contributed by atoms with Crippen LogP contribution < -0.4 is 9.64 Å². The Labute approximate surface area is 228 Å². The first-order valence-electron chi connectivity index (χ1n) is 12.7. The van der Waals surface area contributed by atoms with Crippen LogP contribution in [0, 0.1) is 0 Å². The fraction of sp³-hybridized carbons (Fsp3) is 0.481. The Kier molecular flexibility index (Phi) is 7.75. The Morgan fingerprint density at radius 1 is 1.11 bits per heavy atom. The van der Waals surface area contributed by atoms with Gasteiger partial charge in [-0.1, -0.05) is 22.9 Å². The first-order valence-corrected chi connectivity index (χ1v) is 13.9. The predicted molar refractivity (Wildman–Crippen MR) is 143 cm³/mol. The molecule has 0 amide bonds. The number of piperidine rings is 1. The monoisotopic (exact) mass is 567 g/mol. The van der Waals surface area contributed by atoms with Gasteiger partial charge in [-0.3, -0.25) is 9.69 Å². The van der Waals surface area contributed by atoms with Crippen molar-refractivity contribution < 1.29 is 27.8 Å². The van der Waals surface area contributed by atoms with Gasteiger partial charge in [0.15, 0.2) is 5.13 Å². The number of hydrogen-bond acceptors (Lipinski definition) is 6. The number of anilines is 1. The Morgan fingerprint density at radius 2 is 1.84 bits per heavy atom. The molecule has 204 valence electrons. The predicted octanol–water partition coefficient (Wildman–Crippen LogP) is 6.50. The van der Waals surface area contributed by atoms with E-state index in [1.165, 1.54) is 36.3 Å².